The number of hydrogen-bond acceptors (Lipinski definition) is 2. The standard InChI is InChI=1S/C11H18ClN3/c1-2-10-7-14-15(11(10)12)8-9-4-3-5-13-6-9/h7,9,13H,2-6,8H2,1H3. The smallest absolute Gasteiger partial charge is 0.130 e. The first-order valence-electron chi connectivity index (χ1n) is 5.72. The van der Waals surface area contributed by atoms with E-state index in [1.807, 2.05) is 10.9 Å². The van der Waals surface area contributed by atoms with Gasteiger partial charge in [-0.25, -0.2) is 0 Å². The summed E-state index contributed by atoms with van der Waals surface area (Å²) >= 11 is 6.22. The second kappa shape index (κ2) is 4.99. The summed E-state index contributed by atoms with van der Waals surface area (Å²) in [6.07, 6.45) is 5.40. The topological polar surface area (TPSA) is 29.9 Å². The van der Waals surface area contributed by atoms with Crippen LogP contribution in [0.4, 0.5) is 0 Å². The summed E-state index contributed by atoms with van der Waals surface area (Å²) < 4.78 is 1.94. The Morgan fingerprint density at radius 2 is 2.53 bits per heavy atom. The highest BCUT2D eigenvalue weighted by Crippen LogP contribution is 2.19. The molecule has 0 spiro atoms. The van der Waals surface area contributed by atoms with Crippen molar-refractivity contribution in [3.8, 4) is 0 Å². The molecule has 1 aromatic heterocycles. The Bertz CT molecular complexity index is 316. The number of nitrogens with zero attached hydrogens (tertiary/aromatic N) is 2. The number of aromatic nitrogens is 2. The molecule has 4 heteroatoms. The third-order valence-corrected chi connectivity index (χ3v) is 3.49. The highest BCUT2D eigenvalue weighted by molar-refractivity contribution is 6.30. The molecule has 84 valence electrons. The monoisotopic (exact) mass is 227 g/mol. The largest absolute Gasteiger partial charge is 0.316 e. The van der Waals surface area contributed by atoms with E-state index >= 15 is 0 Å². The molecule has 2 heterocycles. The first kappa shape index (κ1) is 11.0. The molecule has 0 radical (unpaired) electrons. The van der Waals surface area contributed by atoms with Gasteiger partial charge in [-0.2, -0.15) is 5.10 Å². The van der Waals surface area contributed by atoms with Crippen LogP contribution in [0.2, 0.25) is 5.15 Å². The molecule has 0 amide bonds. The van der Waals surface area contributed by atoms with Crippen LogP contribution in [-0.2, 0) is 13.0 Å². The van der Waals surface area contributed by atoms with Crippen molar-refractivity contribution < 1.29 is 0 Å². The van der Waals surface area contributed by atoms with Crippen LogP contribution >= 0.6 is 11.6 Å². The highest BCUT2D eigenvalue weighted by Gasteiger charge is 2.16. The maximum absolute atomic E-state index is 6.22. The van der Waals surface area contributed by atoms with E-state index in [-0.39, 0.29) is 0 Å². The molecular weight excluding hydrogens is 210 g/mol. The van der Waals surface area contributed by atoms with Gasteiger partial charge in [-0.1, -0.05) is 18.5 Å². The van der Waals surface area contributed by atoms with Gasteiger partial charge in [0.15, 0.2) is 0 Å². The zero-order valence-electron chi connectivity index (χ0n) is 9.17. The second-order valence-electron chi connectivity index (χ2n) is 4.21. The van der Waals surface area contributed by atoms with E-state index in [1.54, 1.807) is 0 Å². The summed E-state index contributed by atoms with van der Waals surface area (Å²) in [5.74, 6) is 0.681. The van der Waals surface area contributed by atoms with Gasteiger partial charge in [-0.3, -0.25) is 4.68 Å². The summed E-state index contributed by atoms with van der Waals surface area (Å²) in [6.45, 7) is 5.31. The lowest BCUT2D eigenvalue weighted by atomic mass is 10.00. The van der Waals surface area contributed by atoms with Crippen LogP contribution in [0, 0.1) is 5.92 Å². The average Bonchev–Trinajstić information content (AvgIpc) is 2.62. The van der Waals surface area contributed by atoms with Gasteiger partial charge in [-0.05, 0) is 38.3 Å². The van der Waals surface area contributed by atoms with E-state index in [9.17, 15) is 0 Å². The first-order chi connectivity index (χ1) is 7.31. The summed E-state index contributed by atoms with van der Waals surface area (Å²) in [5.41, 5.74) is 1.15. The molecule has 2 rings (SSSR count). The fourth-order valence-corrected chi connectivity index (χ4v) is 2.39. The van der Waals surface area contributed by atoms with E-state index in [1.165, 1.54) is 12.8 Å². The maximum Gasteiger partial charge on any atom is 0.130 e. The third kappa shape index (κ3) is 2.52. The van der Waals surface area contributed by atoms with Crippen LogP contribution in [0.25, 0.3) is 0 Å². The van der Waals surface area contributed by atoms with E-state index < -0.39 is 0 Å². The number of aryl methyl sites for hydroxylation is 1. The summed E-state index contributed by atoms with van der Waals surface area (Å²) in [4.78, 5) is 0. The van der Waals surface area contributed by atoms with E-state index in [4.69, 9.17) is 11.6 Å². The zero-order valence-corrected chi connectivity index (χ0v) is 9.93. The minimum atomic E-state index is 0.681. The number of piperidine rings is 1. The van der Waals surface area contributed by atoms with Gasteiger partial charge in [0.2, 0.25) is 0 Å². The van der Waals surface area contributed by atoms with Crippen molar-refractivity contribution in [2.24, 2.45) is 5.92 Å². The third-order valence-electron chi connectivity index (χ3n) is 3.06. The Morgan fingerprint density at radius 3 is 3.13 bits per heavy atom. The van der Waals surface area contributed by atoms with Gasteiger partial charge in [-0.15, -0.1) is 0 Å². The lowest BCUT2D eigenvalue weighted by Gasteiger charge is -2.22. The predicted molar refractivity (Wildman–Crippen MR) is 62.2 cm³/mol. The molecule has 1 unspecified atom stereocenters. The molecule has 1 saturated heterocycles. The van der Waals surface area contributed by atoms with Crippen molar-refractivity contribution in [2.45, 2.75) is 32.7 Å². The predicted octanol–water partition coefficient (Wildman–Crippen LogP) is 2.10. The summed E-state index contributed by atoms with van der Waals surface area (Å²) in [5, 5.41) is 8.57. The van der Waals surface area contributed by atoms with Crippen molar-refractivity contribution in [2.75, 3.05) is 13.1 Å². The quantitative estimate of drug-likeness (QED) is 0.857. The number of halogens is 1. The Morgan fingerprint density at radius 1 is 1.67 bits per heavy atom. The minimum absolute atomic E-state index is 0.681. The zero-order chi connectivity index (χ0) is 10.7. The molecular formula is C11H18ClN3. The molecule has 0 saturated carbocycles. The van der Waals surface area contributed by atoms with Crippen LogP contribution < -0.4 is 5.32 Å². The Hall–Kier alpha value is -0.540. The molecule has 1 fully saturated rings. The molecule has 1 aromatic rings. The number of rotatable bonds is 3. The van der Waals surface area contributed by atoms with Crippen LogP contribution in [0.3, 0.4) is 0 Å². The molecule has 0 aliphatic carbocycles. The van der Waals surface area contributed by atoms with Gasteiger partial charge in [0.05, 0.1) is 6.20 Å². The molecule has 0 aromatic carbocycles. The molecule has 1 aliphatic rings. The molecule has 1 aliphatic heterocycles. The van der Waals surface area contributed by atoms with E-state index in [2.05, 4.69) is 17.3 Å². The molecule has 15 heavy (non-hydrogen) atoms. The van der Waals surface area contributed by atoms with E-state index in [0.29, 0.717) is 5.92 Å². The van der Waals surface area contributed by atoms with Crippen LogP contribution in [0.1, 0.15) is 25.3 Å². The summed E-state index contributed by atoms with van der Waals surface area (Å²) in [7, 11) is 0. The van der Waals surface area contributed by atoms with Gasteiger partial charge >= 0.3 is 0 Å². The maximum atomic E-state index is 6.22. The lowest BCUT2D eigenvalue weighted by molar-refractivity contribution is 0.325. The van der Waals surface area contributed by atoms with Crippen molar-refractivity contribution in [1.29, 1.82) is 0 Å². The minimum Gasteiger partial charge on any atom is -0.316 e. The fourth-order valence-electron chi connectivity index (χ4n) is 2.10. The average molecular weight is 228 g/mol. The molecule has 1 atom stereocenters. The van der Waals surface area contributed by atoms with Crippen molar-refractivity contribution in [1.82, 2.24) is 15.1 Å². The van der Waals surface area contributed by atoms with E-state index in [0.717, 1.165) is 36.8 Å². The number of hydrogen-bond donors (Lipinski definition) is 1. The van der Waals surface area contributed by atoms with Crippen LogP contribution in [-0.4, -0.2) is 22.9 Å². The fraction of sp³-hybridized carbons (Fsp3) is 0.727. The molecule has 3 nitrogen and oxygen atoms in total. The van der Waals surface area contributed by atoms with Crippen LogP contribution in [0.5, 0.6) is 0 Å². The van der Waals surface area contributed by atoms with Gasteiger partial charge in [0.1, 0.15) is 5.15 Å². The summed E-state index contributed by atoms with van der Waals surface area (Å²) in [6, 6.07) is 0. The first-order valence-corrected chi connectivity index (χ1v) is 6.10. The highest BCUT2D eigenvalue weighted by atomic mass is 35.5. The van der Waals surface area contributed by atoms with Crippen molar-refractivity contribution in [3.05, 3.63) is 16.9 Å². The lowest BCUT2D eigenvalue weighted by Crippen LogP contribution is -2.32. The van der Waals surface area contributed by atoms with Crippen LogP contribution in [0.15, 0.2) is 6.20 Å². The van der Waals surface area contributed by atoms with Crippen molar-refractivity contribution in [3.63, 3.8) is 0 Å². The SMILES string of the molecule is CCc1cnn(CC2CCCNC2)c1Cl. The van der Waals surface area contributed by atoms with Gasteiger partial charge < -0.3 is 5.32 Å². The van der Waals surface area contributed by atoms with Gasteiger partial charge in [0, 0.05) is 12.1 Å². The molecule has 0 bridgehead atoms. The Kier molecular flexibility index (Phi) is 3.65. The Labute approximate surface area is 95.8 Å². The second-order valence-corrected chi connectivity index (χ2v) is 4.57. The van der Waals surface area contributed by atoms with Crippen molar-refractivity contribution >= 4 is 11.6 Å². The number of nitrogens with one attached hydrogen (secondary N) is 1. The normalized spacial score (nSPS) is 21.9. The molecule has 1 N–H and O–H groups in total. The van der Waals surface area contributed by atoms with Gasteiger partial charge in [0.25, 0.3) is 0 Å². The Balaban J connectivity index is 2.00.